The number of hydrogen-bond donors (Lipinski definition) is 0. The number of halogens is 1. The number of carboxylic acids is 1. The Kier molecular flexibility index (Phi) is 13.5. The SMILES string of the molecule is CCCCCCCC(Cl)C(=O)[O-].[Na+]. The fraction of sp³-hybridized carbons (Fsp3) is 0.889. The van der Waals surface area contributed by atoms with E-state index < -0.39 is 11.3 Å². The summed E-state index contributed by atoms with van der Waals surface area (Å²) in [6.45, 7) is 2.14. The molecule has 0 N–H and O–H groups in total. The molecule has 0 saturated heterocycles. The van der Waals surface area contributed by atoms with Gasteiger partial charge < -0.3 is 9.90 Å². The van der Waals surface area contributed by atoms with E-state index in [1.54, 1.807) is 0 Å². The molecule has 0 aliphatic carbocycles. The van der Waals surface area contributed by atoms with E-state index in [-0.39, 0.29) is 29.6 Å². The van der Waals surface area contributed by atoms with Gasteiger partial charge in [0.05, 0.1) is 11.3 Å². The Morgan fingerprint density at radius 1 is 1.31 bits per heavy atom. The molecule has 0 amide bonds. The zero-order valence-electron chi connectivity index (χ0n) is 8.51. The standard InChI is InChI=1S/C9H17ClO2.Na/c1-2-3-4-5-6-7-8(10)9(11)12;/h8H,2-7H2,1H3,(H,11,12);/q;+1/p-1. The van der Waals surface area contributed by atoms with E-state index in [9.17, 15) is 9.90 Å². The van der Waals surface area contributed by atoms with Crippen molar-refractivity contribution >= 4 is 17.6 Å². The minimum atomic E-state index is -1.15. The summed E-state index contributed by atoms with van der Waals surface area (Å²) in [4.78, 5) is 10.2. The van der Waals surface area contributed by atoms with Gasteiger partial charge in [0.25, 0.3) is 0 Å². The van der Waals surface area contributed by atoms with Crippen LogP contribution in [-0.2, 0) is 4.79 Å². The zero-order chi connectivity index (χ0) is 9.40. The summed E-state index contributed by atoms with van der Waals surface area (Å²) in [5.41, 5.74) is 0. The monoisotopic (exact) mass is 214 g/mol. The molecule has 0 aromatic heterocycles. The summed E-state index contributed by atoms with van der Waals surface area (Å²) in [5, 5.41) is 9.38. The van der Waals surface area contributed by atoms with Crippen molar-refractivity contribution < 1.29 is 39.5 Å². The van der Waals surface area contributed by atoms with Crippen LogP contribution in [0.4, 0.5) is 0 Å². The van der Waals surface area contributed by atoms with Gasteiger partial charge in [-0.05, 0) is 6.42 Å². The average Bonchev–Trinajstić information content (AvgIpc) is 2.03. The third-order valence-corrected chi connectivity index (χ3v) is 2.21. The predicted octanol–water partition coefficient (Wildman–Crippen LogP) is -1.29. The van der Waals surface area contributed by atoms with E-state index in [0.29, 0.717) is 6.42 Å². The molecule has 72 valence electrons. The van der Waals surface area contributed by atoms with Crippen LogP contribution >= 0.6 is 11.6 Å². The molecule has 0 aliphatic heterocycles. The molecular weight excluding hydrogens is 199 g/mol. The summed E-state index contributed by atoms with van der Waals surface area (Å²) < 4.78 is 0. The van der Waals surface area contributed by atoms with Gasteiger partial charge in [-0.2, -0.15) is 0 Å². The molecule has 2 nitrogen and oxygen atoms in total. The number of carbonyl (C=O) groups excluding carboxylic acids is 1. The molecule has 13 heavy (non-hydrogen) atoms. The van der Waals surface area contributed by atoms with Crippen molar-refractivity contribution in [3.8, 4) is 0 Å². The van der Waals surface area contributed by atoms with Crippen LogP contribution in [-0.4, -0.2) is 11.3 Å². The molecule has 0 saturated carbocycles. The first-order valence-electron chi connectivity index (χ1n) is 4.53. The van der Waals surface area contributed by atoms with E-state index >= 15 is 0 Å². The number of hydrogen-bond acceptors (Lipinski definition) is 2. The topological polar surface area (TPSA) is 40.1 Å². The summed E-state index contributed by atoms with van der Waals surface area (Å²) >= 11 is 5.47. The maximum atomic E-state index is 10.2. The fourth-order valence-corrected chi connectivity index (χ4v) is 1.20. The summed E-state index contributed by atoms with van der Waals surface area (Å²) in [7, 11) is 0. The maximum absolute atomic E-state index is 10.2. The van der Waals surface area contributed by atoms with E-state index in [1.807, 2.05) is 0 Å². The normalized spacial score (nSPS) is 11.8. The third kappa shape index (κ3) is 10.7. The maximum Gasteiger partial charge on any atom is 1.00 e. The van der Waals surface area contributed by atoms with Gasteiger partial charge in [0, 0.05) is 0 Å². The Morgan fingerprint density at radius 2 is 1.85 bits per heavy atom. The second-order valence-corrected chi connectivity index (χ2v) is 3.52. The molecule has 0 aromatic carbocycles. The quantitative estimate of drug-likeness (QED) is 0.301. The smallest absolute Gasteiger partial charge is 0.549 e. The summed E-state index contributed by atoms with van der Waals surface area (Å²) in [5.74, 6) is -1.15. The van der Waals surface area contributed by atoms with Gasteiger partial charge in [0.15, 0.2) is 0 Å². The van der Waals surface area contributed by atoms with E-state index in [2.05, 4.69) is 6.92 Å². The molecule has 0 heterocycles. The molecule has 0 rings (SSSR count). The van der Waals surface area contributed by atoms with Crippen molar-refractivity contribution in [2.24, 2.45) is 0 Å². The molecule has 0 spiro atoms. The summed E-state index contributed by atoms with van der Waals surface area (Å²) in [6, 6.07) is 0. The number of carboxylic acid groups (broad SMARTS) is 1. The van der Waals surface area contributed by atoms with Crippen molar-refractivity contribution in [2.75, 3.05) is 0 Å². The Morgan fingerprint density at radius 3 is 2.31 bits per heavy atom. The van der Waals surface area contributed by atoms with Crippen LogP contribution in [0.25, 0.3) is 0 Å². The first kappa shape index (κ1) is 16.2. The van der Waals surface area contributed by atoms with Crippen LogP contribution in [0, 0.1) is 0 Å². The number of rotatable bonds is 7. The van der Waals surface area contributed by atoms with Crippen molar-refractivity contribution in [3.63, 3.8) is 0 Å². The van der Waals surface area contributed by atoms with Crippen molar-refractivity contribution in [1.29, 1.82) is 0 Å². The molecule has 0 aromatic rings. The number of unbranched alkanes of at least 4 members (excludes halogenated alkanes) is 4. The van der Waals surface area contributed by atoms with Gasteiger partial charge in [-0.25, -0.2) is 0 Å². The number of carbonyl (C=O) groups is 1. The second kappa shape index (κ2) is 10.8. The predicted molar refractivity (Wildman–Crippen MR) is 48.0 cm³/mol. The molecule has 0 fully saturated rings. The molecule has 0 bridgehead atoms. The fourth-order valence-electron chi connectivity index (χ4n) is 1.04. The van der Waals surface area contributed by atoms with Gasteiger partial charge in [-0.15, -0.1) is 11.6 Å². The van der Waals surface area contributed by atoms with E-state index in [0.717, 1.165) is 12.8 Å². The average molecular weight is 215 g/mol. The van der Waals surface area contributed by atoms with Crippen molar-refractivity contribution in [2.45, 2.75) is 50.8 Å². The Labute approximate surface area is 107 Å². The van der Waals surface area contributed by atoms with E-state index in [1.165, 1.54) is 19.3 Å². The van der Waals surface area contributed by atoms with E-state index in [4.69, 9.17) is 11.6 Å². The largest absolute Gasteiger partial charge is 1.00 e. The first-order chi connectivity index (χ1) is 5.68. The van der Waals surface area contributed by atoms with Crippen LogP contribution in [0.5, 0.6) is 0 Å². The van der Waals surface area contributed by atoms with Gasteiger partial charge in [-0.3, -0.25) is 0 Å². The van der Waals surface area contributed by atoms with Crippen molar-refractivity contribution in [1.82, 2.24) is 0 Å². The summed E-state index contributed by atoms with van der Waals surface area (Å²) in [6.07, 6.45) is 6.09. The number of aliphatic carboxylic acids is 1. The Hall–Kier alpha value is 0.760. The minimum absolute atomic E-state index is 0. The van der Waals surface area contributed by atoms with Gasteiger partial charge in [0.1, 0.15) is 0 Å². The first-order valence-corrected chi connectivity index (χ1v) is 4.97. The van der Waals surface area contributed by atoms with Crippen LogP contribution in [0.1, 0.15) is 45.4 Å². The number of alkyl halides is 1. The zero-order valence-corrected chi connectivity index (χ0v) is 11.3. The molecule has 1 unspecified atom stereocenters. The second-order valence-electron chi connectivity index (χ2n) is 2.99. The van der Waals surface area contributed by atoms with Gasteiger partial charge in [-0.1, -0.05) is 39.0 Å². The molecule has 0 aliphatic rings. The van der Waals surface area contributed by atoms with Gasteiger partial charge >= 0.3 is 29.6 Å². The Bertz CT molecular complexity index is 131. The molecular formula is C9H16ClNaO2. The molecule has 0 radical (unpaired) electrons. The minimum Gasteiger partial charge on any atom is -0.549 e. The molecule has 4 heteroatoms. The Balaban J connectivity index is 0. The van der Waals surface area contributed by atoms with Crippen molar-refractivity contribution in [3.05, 3.63) is 0 Å². The van der Waals surface area contributed by atoms with Gasteiger partial charge in [0.2, 0.25) is 0 Å². The van der Waals surface area contributed by atoms with Crippen LogP contribution in [0.15, 0.2) is 0 Å². The van der Waals surface area contributed by atoms with Crippen LogP contribution < -0.4 is 34.7 Å². The van der Waals surface area contributed by atoms with Crippen LogP contribution in [0.3, 0.4) is 0 Å². The molecule has 1 atom stereocenters. The third-order valence-electron chi connectivity index (χ3n) is 1.82. The van der Waals surface area contributed by atoms with Crippen LogP contribution in [0.2, 0.25) is 0 Å².